The third kappa shape index (κ3) is 3.35. The lowest BCUT2D eigenvalue weighted by Crippen LogP contribution is -2.45. The van der Waals surface area contributed by atoms with E-state index in [-0.39, 0.29) is 17.5 Å². The van der Waals surface area contributed by atoms with Gasteiger partial charge in [-0.2, -0.15) is 4.31 Å². The Bertz CT molecular complexity index is 571. The summed E-state index contributed by atoms with van der Waals surface area (Å²) in [5.74, 6) is -0.441. The number of nitrogens with zero attached hydrogens (tertiary/aromatic N) is 1. The second-order valence-electron chi connectivity index (χ2n) is 4.89. The zero-order valence-electron chi connectivity index (χ0n) is 11.6. The van der Waals surface area contributed by atoms with Crippen LogP contribution in [0.5, 0.6) is 0 Å². The van der Waals surface area contributed by atoms with Crippen LogP contribution >= 0.6 is 0 Å². The second-order valence-corrected chi connectivity index (χ2v) is 6.91. The zero-order chi connectivity index (χ0) is 14.8. The van der Waals surface area contributed by atoms with Gasteiger partial charge < -0.3 is 10.1 Å². The van der Waals surface area contributed by atoms with Crippen LogP contribution in [0.3, 0.4) is 0 Å². The van der Waals surface area contributed by atoms with Gasteiger partial charge in [-0.25, -0.2) is 12.8 Å². The number of nitrogens with one attached hydrogen (secondary N) is 1. The van der Waals surface area contributed by atoms with E-state index >= 15 is 0 Å². The van der Waals surface area contributed by atoms with E-state index in [4.69, 9.17) is 4.74 Å². The highest BCUT2D eigenvalue weighted by Gasteiger charge is 2.26. The second kappa shape index (κ2) is 6.17. The summed E-state index contributed by atoms with van der Waals surface area (Å²) in [6.45, 7) is 3.84. The number of ether oxygens (including phenoxy) is 1. The summed E-state index contributed by atoms with van der Waals surface area (Å²) in [7, 11) is -2.12. The molecule has 0 saturated carbocycles. The Hall–Kier alpha value is -1.02. The number of morpholine rings is 1. The van der Waals surface area contributed by atoms with Crippen LogP contribution in [0, 0.1) is 12.7 Å². The first-order chi connectivity index (χ1) is 9.41. The summed E-state index contributed by atoms with van der Waals surface area (Å²) in [6.07, 6.45) is -0.163. The molecule has 7 heteroatoms. The summed E-state index contributed by atoms with van der Waals surface area (Å²) in [5, 5.41) is 3.15. The van der Waals surface area contributed by atoms with Crippen molar-refractivity contribution in [2.24, 2.45) is 0 Å². The van der Waals surface area contributed by atoms with Gasteiger partial charge in [0.2, 0.25) is 10.0 Å². The van der Waals surface area contributed by atoms with Crippen molar-refractivity contribution < 1.29 is 17.5 Å². The fraction of sp³-hybridized carbons (Fsp3) is 0.538. The molecule has 1 N–H and O–H groups in total. The Morgan fingerprint density at radius 3 is 2.85 bits per heavy atom. The van der Waals surface area contributed by atoms with Crippen LogP contribution in [-0.2, 0) is 14.8 Å². The molecule has 1 unspecified atom stereocenters. The number of hydrogen-bond donors (Lipinski definition) is 1. The molecule has 0 bridgehead atoms. The SMILES string of the molecule is Cc1cc(F)ccc1S(=O)(=O)N(C)CC1CNCCO1. The van der Waals surface area contributed by atoms with Crippen molar-refractivity contribution in [1.82, 2.24) is 9.62 Å². The van der Waals surface area contributed by atoms with Crippen LogP contribution in [-0.4, -0.2) is 52.1 Å². The molecule has 1 atom stereocenters. The largest absolute Gasteiger partial charge is 0.374 e. The topological polar surface area (TPSA) is 58.6 Å². The number of halogens is 1. The van der Waals surface area contributed by atoms with E-state index in [1.54, 1.807) is 6.92 Å². The van der Waals surface area contributed by atoms with Crippen LogP contribution in [0.2, 0.25) is 0 Å². The summed E-state index contributed by atoms with van der Waals surface area (Å²) in [6, 6.07) is 3.68. The molecule has 1 aromatic carbocycles. The number of rotatable bonds is 4. The molecule has 1 aliphatic rings. The van der Waals surface area contributed by atoms with Crippen LogP contribution in [0.4, 0.5) is 4.39 Å². The van der Waals surface area contributed by atoms with E-state index in [1.807, 2.05) is 0 Å². The van der Waals surface area contributed by atoms with E-state index in [0.717, 1.165) is 12.6 Å². The zero-order valence-corrected chi connectivity index (χ0v) is 12.4. The number of hydrogen-bond acceptors (Lipinski definition) is 4. The molecule has 0 amide bonds. The van der Waals surface area contributed by atoms with E-state index in [9.17, 15) is 12.8 Å². The van der Waals surface area contributed by atoms with Gasteiger partial charge >= 0.3 is 0 Å². The molecule has 0 aromatic heterocycles. The van der Waals surface area contributed by atoms with Gasteiger partial charge in [0, 0.05) is 26.7 Å². The van der Waals surface area contributed by atoms with Crippen molar-refractivity contribution in [2.45, 2.75) is 17.9 Å². The molecule has 1 heterocycles. The minimum Gasteiger partial charge on any atom is -0.374 e. The maximum atomic E-state index is 13.1. The smallest absolute Gasteiger partial charge is 0.243 e. The Labute approximate surface area is 118 Å². The van der Waals surface area contributed by atoms with Gasteiger partial charge in [-0.15, -0.1) is 0 Å². The summed E-state index contributed by atoms with van der Waals surface area (Å²) < 4.78 is 44.8. The fourth-order valence-corrected chi connectivity index (χ4v) is 3.60. The Kier molecular flexibility index (Phi) is 4.74. The van der Waals surface area contributed by atoms with Crippen LogP contribution in [0.1, 0.15) is 5.56 Å². The van der Waals surface area contributed by atoms with E-state index in [2.05, 4.69) is 5.32 Å². The average molecular weight is 302 g/mol. The number of aryl methyl sites for hydroxylation is 1. The maximum Gasteiger partial charge on any atom is 0.243 e. The van der Waals surface area contributed by atoms with Crippen molar-refractivity contribution in [1.29, 1.82) is 0 Å². The normalized spacial score (nSPS) is 20.3. The van der Waals surface area contributed by atoms with Crippen molar-refractivity contribution in [2.75, 3.05) is 33.3 Å². The third-order valence-electron chi connectivity index (χ3n) is 3.29. The molecular weight excluding hydrogens is 283 g/mol. The molecule has 20 heavy (non-hydrogen) atoms. The predicted octanol–water partition coefficient (Wildman–Crippen LogP) is 0.743. The molecule has 0 aliphatic carbocycles. The quantitative estimate of drug-likeness (QED) is 0.891. The van der Waals surface area contributed by atoms with Gasteiger partial charge in [0.15, 0.2) is 0 Å². The molecule has 1 aliphatic heterocycles. The molecule has 5 nitrogen and oxygen atoms in total. The van der Waals surface area contributed by atoms with E-state index in [0.29, 0.717) is 18.7 Å². The first-order valence-corrected chi connectivity index (χ1v) is 7.90. The lowest BCUT2D eigenvalue weighted by Gasteiger charge is -2.28. The molecule has 0 radical (unpaired) electrons. The van der Waals surface area contributed by atoms with Crippen LogP contribution < -0.4 is 5.32 Å². The predicted molar refractivity (Wildman–Crippen MR) is 73.6 cm³/mol. The molecule has 112 valence electrons. The van der Waals surface area contributed by atoms with E-state index < -0.39 is 15.8 Å². The van der Waals surface area contributed by atoms with Gasteiger partial charge in [-0.3, -0.25) is 0 Å². The third-order valence-corrected chi connectivity index (χ3v) is 5.27. The lowest BCUT2D eigenvalue weighted by atomic mass is 10.2. The standard InChI is InChI=1S/C13H19FN2O3S/c1-10-7-11(14)3-4-13(10)20(17,18)16(2)9-12-8-15-5-6-19-12/h3-4,7,12,15H,5-6,8-9H2,1-2H3. The van der Waals surface area contributed by atoms with Gasteiger partial charge in [0.25, 0.3) is 0 Å². The first-order valence-electron chi connectivity index (χ1n) is 6.46. The van der Waals surface area contributed by atoms with Crippen LogP contribution in [0.15, 0.2) is 23.1 Å². The molecule has 1 aromatic rings. The Balaban J connectivity index is 2.16. The summed E-state index contributed by atoms with van der Waals surface area (Å²) in [5.41, 5.74) is 0.402. The number of sulfonamides is 1. The van der Waals surface area contributed by atoms with E-state index in [1.165, 1.54) is 23.5 Å². The number of benzene rings is 1. The average Bonchev–Trinajstić information content (AvgIpc) is 2.39. The molecule has 2 rings (SSSR count). The van der Waals surface area contributed by atoms with Crippen molar-refractivity contribution in [3.63, 3.8) is 0 Å². The summed E-state index contributed by atoms with van der Waals surface area (Å²) >= 11 is 0. The van der Waals surface area contributed by atoms with Gasteiger partial charge in [0.05, 0.1) is 17.6 Å². The van der Waals surface area contributed by atoms with Crippen molar-refractivity contribution in [3.8, 4) is 0 Å². The maximum absolute atomic E-state index is 13.1. The number of likely N-dealkylation sites (N-methyl/N-ethyl adjacent to an activating group) is 1. The fourth-order valence-electron chi connectivity index (χ4n) is 2.19. The summed E-state index contributed by atoms with van der Waals surface area (Å²) in [4.78, 5) is 0.130. The van der Waals surface area contributed by atoms with Gasteiger partial charge in [-0.05, 0) is 30.7 Å². The highest BCUT2D eigenvalue weighted by atomic mass is 32.2. The van der Waals surface area contributed by atoms with Crippen molar-refractivity contribution in [3.05, 3.63) is 29.6 Å². The highest BCUT2D eigenvalue weighted by molar-refractivity contribution is 7.89. The first kappa shape index (κ1) is 15.4. The minimum absolute atomic E-state index is 0.130. The Morgan fingerprint density at radius 1 is 1.50 bits per heavy atom. The highest BCUT2D eigenvalue weighted by Crippen LogP contribution is 2.20. The molecule has 0 spiro atoms. The van der Waals surface area contributed by atoms with Crippen LogP contribution in [0.25, 0.3) is 0 Å². The Morgan fingerprint density at radius 2 is 2.25 bits per heavy atom. The lowest BCUT2D eigenvalue weighted by molar-refractivity contribution is 0.0206. The monoisotopic (exact) mass is 302 g/mol. The molecule has 1 fully saturated rings. The van der Waals surface area contributed by atoms with Gasteiger partial charge in [0.1, 0.15) is 5.82 Å². The van der Waals surface area contributed by atoms with Gasteiger partial charge in [-0.1, -0.05) is 0 Å². The minimum atomic E-state index is -3.63. The molecule has 1 saturated heterocycles. The molecular formula is C13H19FN2O3S. The van der Waals surface area contributed by atoms with Crippen molar-refractivity contribution >= 4 is 10.0 Å².